The van der Waals surface area contributed by atoms with Crippen LogP contribution in [0.4, 0.5) is 0 Å². The third-order valence-electron chi connectivity index (χ3n) is 3.17. The minimum Gasteiger partial charge on any atom is -0.308 e. The molecule has 2 aromatic rings. The summed E-state index contributed by atoms with van der Waals surface area (Å²) in [4.78, 5) is 4.49. The first-order valence-electron chi connectivity index (χ1n) is 7.17. The average Bonchev–Trinajstić information content (AvgIpc) is 3.18. The SMILES string of the molecule is CC(C)(C)NCc1ccc(Sc2nnnn2C2CC2)nc1. The van der Waals surface area contributed by atoms with Gasteiger partial charge in [0.25, 0.3) is 0 Å². The maximum Gasteiger partial charge on any atom is 0.215 e. The van der Waals surface area contributed by atoms with E-state index in [1.54, 1.807) is 0 Å². The molecule has 0 saturated heterocycles. The van der Waals surface area contributed by atoms with Crippen molar-refractivity contribution in [3.05, 3.63) is 23.9 Å². The van der Waals surface area contributed by atoms with Gasteiger partial charge in [0.15, 0.2) is 0 Å². The number of pyridine rings is 1. The molecule has 0 unspecified atom stereocenters. The van der Waals surface area contributed by atoms with E-state index in [1.165, 1.54) is 30.2 Å². The van der Waals surface area contributed by atoms with Crippen molar-refractivity contribution in [3.63, 3.8) is 0 Å². The number of nitrogens with one attached hydrogen (secondary N) is 1. The molecule has 7 heteroatoms. The van der Waals surface area contributed by atoms with Crippen LogP contribution in [0.3, 0.4) is 0 Å². The first-order valence-corrected chi connectivity index (χ1v) is 7.98. The normalized spacial score (nSPS) is 15.4. The van der Waals surface area contributed by atoms with Gasteiger partial charge < -0.3 is 5.32 Å². The minimum atomic E-state index is 0.111. The molecular weight excluding hydrogens is 284 g/mol. The van der Waals surface area contributed by atoms with Crippen molar-refractivity contribution in [1.29, 1.82) is 0 Å². The second kappa shape index (κ2) is 5.73. The van der Waals surface area contributed by atoms with E-state index < -0.39 is 0 Å². The highest BCUT2D eigenvalue weighted by Crippen LogP contribution is 2.37. The Hall–Kier alpha value is -1.47. The van der Waals surface area contributed by atoms with Gasteiger partial charge in [-0.1, -0.05) is 6.07 Å². The smallest absolute Gasteiger partial charge is 0.215 e. The van der Waals surface area contributed by atoms with Crippen LogP contribution in [0.25, 0.3) is 0 Å². The summed E-state index contributed by atoms with van der Waals surface area (Å²) in [6, 6.07) is 4.60. The van der Waals surface area contributed by atoms with Gasteiger partial charge in [0, 0.05) is 18.3 Å². The standard InChI is InChI=1S/C14H20N6S/c1-14(2,3)16-9-10-4-7-12(15-8-10)21-13-17-18-19-20(13)11-5-6-11/h4,7-8,11,16H,5-6,9H2,1-3H3. The lowest BCUT2D eigenvalue weighted by molar-refractivity contribution is 0.424. The Balaban J connectivity index is 1.63. The third kappa shape index (κ3) is 4.01. The molecule has 21 heavy (non-hydrogen) atoms. The van der Waals surface area contributed by atoms with Gasteiger partial charge in [-0.25, -0.2) is 9.67 Å². The van der Waals surface area contributed by atoms with E-state index in [2.05, 4.69) is 52.7 Å². The summed E-state index contributed by atoms with van der Waals surface area (Å²) in [7, 11) is 0. The van der Waals surface area contributed by atoms with E-state index in [9.17, 15) is 0 Å². The van der Waals surface area contributed by atoms with Crippen LogP contribution in [0.5, 0.6) is 0 Å². The van der Waals surface area contributed by atoms with Gasteiger partial charge >= 0.3 is 0 Å². The molecule has 1 fully saturated rings. The molecule has 0 amide bonds. The van der Waals surface area contributed by atoms with E-state index in [1.807, 2.05) is 16.9 Å². The molecule has 6 nitrogen and oxygen atoms in total. The lowest BCUT2D eigenvalue weighted by atomic mass is 10.1. The molecule has 2 heterocycles. The molecule has 1 aliphatic carbocycles. The average molecular weight is 304 g/mol. The maximum absolute atomic E-state index is 4.49. The molecule has 2 aromatic heterocycles. The molecule has 0 bridgehead atoms. The Kier molecular flexibility index (Phi) is 3.95. The second-order valence-corrected chi connectivity index (χ2v) is 7.34. The molecule has 1 saturated carbocycles. The molecular formula is C14H20N6S. The summed E-state index contributed by atoms with van der Waals surface area (Å²) in [5.41, 5.74) is 1.29. The van der Waals surface area contributed by atoms with Crippen molar-refractivity contribution >= 4 is 11.8 Å². The van der Waals surface area contributed by atoms with Crippen LogP contribution in [-0.2, 0) is 6.54 Å². The van der Waals surface area contributed by atoms with Crippen LogP contribution < -0.4 is 5.32 Å². The van der Waals surface area contributed by atoms with E-state index in [0.29, 0.717) is 6.04 Å². The fraction of sp³-hybridized carbons (Fsp3) is 0.571. The highest BCUT2D eigenvalue weighted by molar-refractivity contribution is 7.99. The van der Waals surface area contributed by atoms with E-state index in [-0.39, 0.29) is 5.54 Å². The van der Waals surface area contributed by atoms with Gasteiger partial charge in [-0.2, -0.15) is 0 Å². The first-order chi connectivity index (χ1) is 10.0. The van der Waals surface area contributed by atoms with Crippen LogP contribution in [0.1, 0.15) is 45.2 Å². The molecule has 1 aliphatic rings. The molecule has 0 radical (unpaired) electrons. The largest absolute Gasteiger partial charge is 0.308 e. The van der Waals surface area contributed by atoms with E-state index >= 15 is 0 Å². The van der Waals surface area contributed by atoms with Gasteiger partial charge in [0.1, 0.15) is 5.03 Å². The Morgan fingerprint density at radius 2 is 2.14 bits per heavy atom. The number of tetrazole rings is 1. The predicted octanol–water partition coefficient (Wildman–Crippen LogP) is 2.44. The molecule has 1 N–H and O–H groups in total. The third-order valence-corrected chi connectivity index (χ3v) is 4.07. The van der Waals surface area contributed by atoms with Crippen LogP contribution >= 0.6 is 11.8 Å². The van der Waals surface area contributed by atoms with Crippen LogP contribution in [-0.4, -0.2) is 30.7 Å². The van der Waals surface area contributed by atoms with Gasteiger partial charge in [0.2, 0.25) is 5.16 Å². The Labute approximate surface area is 128 Å². The molecule has 112 valence electrons. The zero-order valence-electron chi connectivity index (χ0n) is 12.6. The summed E-state index contributed by atoms with van der Waals surface area (Å²) in [6.45, 7) is 7.29. The summed E-state index contributed by atoms with van der Waals surface area (Å²) in [5.74, 6) is 0. The highest BCUT2D eigenvalue weighted by atomic mass is 32.2. The number of rotatable bonds is 5. The topological polar surface area (TPSA) is 68.5 Å². The summed E-state index contributed by atoms with van der Waals surface area (Å²) in [5, 5.41) is 17.1. The van der Waals surface area contributed by atoms with Gasteiger partial charge in [-0.15, -0.1) is 5.10 Å². The molecule has 0 spiro atoms. The minimum absolute atomic E-state index is 0.111. The number of hydrogen-bond donors (Lipinski definition) is 1. The lowest BCUT2D eigenvalue weighted by Crippen LogP contribution is -2.35. The fourth-order valence-electron chi connectivity index (χ4n) is 1.84. The number of aromatic nitrogens is 5. The van der Waals surface area contributed by atoms with Gasteiger partial charge in [0.05, 0.1) is 6.04 Å². The fourth-order valence-corrected chi connectivity index (χ4v) is 2.62. The Bertz CT molecular complexity index is 597. The zero-order valence-corrected chi connectivity index (χ0v) is 13.4. The van der Waals surface area contributed by atoms with Crippen molar-refractivity contribution in [3.8, 4) is 0 Å². The highest BCUT2D eigenvalue weighted by Gasteiger charge is 2.28. The summed E-state index contributed by atoms with van der Waals surface area (Å²) >= 11 is 1.52. The van der Waals surface area contributed by atoms with E-state index in [0.717, 1.165) is 16.7 Å². The second-order valence-electron chi connectivity index (χ2n) is 6.35. The Morgan fingerprint density at radius 3 is 2.76 bits per heavy atom. The number of hydrogen-bond acceptors (Lipinski definition) is 6. The predicted molar refractivity (Wildman–Crippen MR) is 81.0 cm³/mol. The quantitative estimate of drug-likeness (QED) is 0.915. The lowest BCUT2D eigenvalue weighted by Gasteiger charge is -2.20. The van der Waals surface area contributed by atoms with Crippen molar-refractivity contribution in [2.45, 2.75) is 61.9 Å². The van der Waals surface area contributed by atoms with E-state index in [4.69, 9.17) is 0 Å². The van der Waals surface area contributed by atoms with Crippen LogP contribution in [0.15, 0.2) is 28.5 Å². The zero-order chi connectivity index (χ0) is 14.9. The van der Waals surface area contributed by atoms with Crippen LogP contribution in [0, 0.1) is 0 Å². The van der Waals surface area contributed by atoms with Gasteiger partial charge in [-0.05, 0) is 67.4 Å². The van der Waals surface area contributed by atoms with Crippen molar-refractivity contribution in [2.24, 2.45) is 0 Å². The molecule has 0 aliphatic heterocycles. The van der Waals surface area contributed by atoms with Crippen LogP contribution in [0.2, 0.25) is 0 Å². The van der Waals surface area contributed by atoms with Crippen molar-refractivity contribution < 1.29 is 0 Å². The van der Waals surface area contributed by atoms with Crippen molar-refractivity contribution in [1.82, 2.24) is 30.5 Å². The summed E-state index contributed by atoms with van der Waals surface area (Å²) < 4.78 is 1.90. The van der Waals surface area contributed by atoms with Gasteiger partial charge in [-0.3, -0.25) is 0 Å². The number of nitrogens with zero attached hydrogens (tertiary/aromatic N) is 5. The molecule has 3 rings (SSSR count). The monoisotopic (exact) mass is 304 g/mol. The molecule has 0 atom stereocenters. The van der Waals surface area contributed by atoms with Crippen molar-refractivity contribution in [2.75, 3.05) is 0 Å². The molecule has 0 aromatic carbocycles. The Morgan fingerprint density at radius 1 is 1.33 bits per heavy atom. The summed E-state index contributed by atoms with van der Waals surface area (Å²) in [6.07, 6.45) is 4.25. The maximum atomic E-state index is 4.49. The first kappa shape index (κ1) is 14.5.